The summed E-state index contributed by atoms with van der Waals surface area (Å²) in [5, 5.41) is 6.58. The Morgan fingerprint density at radius 3 is 2.11 bits per heavy atom. The molecule has 1 rings (SSSR count). The smallest absolute Gasteiger partial charge is 0.203 e. The Hall–Kier alpha value is -1.46. The largest absolute Gasteiger partial charge is 0.493 e. The molecule has 162 valence electrons. The Morgan fingerprint density at radius 2 is 1.57 bits per heavy atom. The minimum Gasteiger partial charge on any atom is -0.493 e. The number of methoxy groups -OCH3 is 4. The van der Waals surface area contributed by atoms with E-state index in [9.17, 15) is 0 Å². The van der Waals surface area contributed by atoms with E-state index in [1.807, 2.05) is 12.1 Å². The van der Waals surface area contributed by atoms with E-state index in [4.69, 9.17) is 23.7 Å². The Morgan fingerprint density at radius 1 is 0.893 bits per heavy atom. The third kappa shape index (κ3) is 9.65. The zero-order valence-electron chi connectivity index (χ0n) is 17.5. The van der Waals surface area contributed by atoms with Gasteiger partial charge in [0.05, 0.1) is 34.5 Å². The number of aliphatic imine (C=N–C) groups is 1. The van der Waals surface area contributed by atoms with E-state index in [0.29, 0.717) is 37.0 Å². The van der Waals surface area contributed by atoms with Crippen LogP contribution in [0.25, 0.3) is 0 Å². The monoisotopic (exact) mass is 511 g/mol. The molecule has 0 amide bonds. The van der Waals surface area contributed by atoms with Crippen LogP contribution in [0.1, 0.15) is 18.4 Å². The molecule has 0 aromatic heterocycles. The van der Waals surface area contributed by atoms with Gasteiger partial charge >= 0.3 is 0 Å². The molecule has 1 aromatic carbocycles. The van der Waals surface area contributed by atoms with Crippen LogP contribution in [0.5, 0.6) is 17.2 Å². The summed E-state index contributed by atoms with van der Waals surface area (Å²) in [5.74, 6) is 2.58. The third-order valence-corrected chi connectivity index (χ3v) is 3.85. The lowest BCUT2D eigenvalue weighted by Crippen LogP contribution is -2.37. The fourth-order valence-corrected chi connectivity index (χ4v) is 2.42. The molecule has 9 heteroatoms. The summed E-state index contributed by atoms with van der Waals surface area (Å²) < 4.78 is 26.5. The number of hydrogen-bond donors (Lipinski definition) is 2. The van der Waals surface area contributed by atoms with E-state index >= 15 is 0 Å². The van der Waals surface area contributed by atoms with Crippen molar-refractivity contribution in [2.45, 2.75) is 19.4 Å². The van der Waals surface area contributed by atoms with Gasteiger partial charge in [-0.2, -0.15) is 0 Å². The number of nitrogens with zero attached hydrogens (tertiary/aromatic N) is 1. The number of benzene rings is 1. The number of guanidine groups is 1. The summed E-state index contributed by atoms with van der Waals surface area (Å²) in [6.07, 6.45) is 1.98. The first-order valence-corrected chi connectivity index (χ1v) is 9.00. The fraction of sp³-hybridized carbons (Fsp3) is 0.632. The molecule has 0 fully saturated rings. The van der Waals surface area contributed by atoms with Gasteiger partial charge in [-0.05, 0) is 30.5 Å². The standard InChI is InChI=1S/C19H33N3O5.HI/c1-20-19(21-8-6-7-9-27-11-10-23-2)22-14-15-12-16(24-3)18(26-5)17(13-15)25-4;/h12-13H,6-11,14H2,1-5H3,(H2,20,21,22);1H. The van der Waals surface area contributed by atoms with Crippen LogP contribution in [-0.4, -0.2) is 67.8 Å². The van der Waals surface area contributed by atoms with Crippen LogP contribution < -0.4 is 24.8 Å². The van der Waals surface area contributed by atoms with Crippen molar-refractivity contribution in [2.75, 3.05) is 61.9 Å². The molecule has 8 nitrogen and oxygen atoms in total. The van der Waals surface area contributed by atoms with Crippen molar-refractivity contribution in [1.82, 2.24) is 10.6 Å². The molecule has 0 bridgehead atoms. The van der Waals surface area contributed by atoms with Gasteiger partial charge in [0.25, 0.3) is 0 Å². The third-order valence-electron chi connectivity index (χ3n) is 3.85. The van der Waals surface area contributed by atoms with Crippen LogP contribution in [-0.2, 0) is 16.0 Å². The van der Waals surface area contributed by atoms with Gasteiger partial charge in [-0.3, -0.25) is 4.99 Å². The molecular weight excluding hydrogens is 477 g/mol. The number of nitrogens with one attached hydrogen (secondary N) is 2. The first kappa shape index (κ1) is 26.5. The normalized spacial score (nSPS) is 10.8. The zero-order valence-corrected chi connectivity index (χ0v) is 19.8. The molecule has 0 unspecified atom stereocenters. The van der Waals surface area contributed by atoms with Crippen molar-refractivity contribution in [3.8, 4) is 17.2 Å². The second-order valence-corrected chi connectivity index (χ2v) is 5.70. The molecule has 28 heavy (non-hydrogen) atoms. The first-order valence-electron chi connectivity index (χ1n) is 9.00. The van der Waals surface area contributed by atoms with Crippen LogP contribution in [0.15, 0.2) is 17.1 Å². The highest BCUT2D eigenvalue weighted by molar-refractivity contribution is 14.0. The molecular formula is C19H34IN3O5. The molecule has 0 aliphatic rings. The van der Waals surface area contributed by atoms with E-state index < -0.39 is 0 Å². The van der Waals surface area contributed by atoms with Gasteiger partial charge < -0.3 is 34.3 Å². The number of unbranched alkanes of at least 4 members (excludes halogenated alkanes) is 1. The molecule has 0 radical (unpaired) electrons. The highest BCUT2D eigenvalue weighted by Crippen LogP contribution is 2.38. The fourth-order valence-electron chi connectivity index (χ4n) is 2.42. The lowest BCUT2D eigenvalue weighted by molar-refractivity contribution is 0.0689. The molecule has 0 spiro atoms. The summed E-state index contributed by atoms with van der Waals surface area (Å²) in [6, 6.07) is 3.83. The molecule has 0 aliphatic heterocycles. The highest BCUT2D eigenvalue weighted by atomic mass is 127. The van der Waals surface area contributed by atoms with Crippen LogP contribution in [0.3, 0.4) is 0 Å². The van der Waals surface area contributed by atoms with Gasteiger partial charge in [0.1, 0.15) is 0 Å². The first-order chi connectivity index (χ1) is 13.2. The molecule has 0 atom stereocenters. The van der Waals surface area contributed by atoms with Crippen LogP contribution in [0.4, 0.5) is 0 Å². The summed E-state index contributed by atoms with van der Waals surface area (Å²) in [5.41, 5.74) is 0.999. The Labute approximate surface area is 185 Å². The summed E-state index contributed by atoms with van der Waals surface area (Å²) in [7, 11) is 8.22. The Balaban J connectivity index is 0.00000729. The van der Waals surface area contributed by atoms with E-state index in [0.717, 1.165) is 37.5 Å². The van der Waals surface area contributed by atoms with Crippen LogP contribution in [0, 0.1) is 0 Å². The second kappa shape index (κ2) is 16.5. The maximum absolute atomic E-state index is 5.44. The lowest BCUT2D eigenvalue weighted by Gasteiger charge is -2.16. The van der Waals surface area contributed by atoms with Gasteiger partial charge in [-0.15, -0.1) is 24.0 Å². The van der Waals surface area contributed by atoms with Crippen molar-refractivity contribution in [1.29, 1.82) is 0 Å². The van der Waals surface area contributed by atoms with Crippen molar-refractivity contribution in [2.24, 2.45) is 4.99 Å². The summed E-state index contributed by atoms with van der Waals surface area (Å²) in [4.78, 5) is 4.24. The van der Waals surface area contributed by atoms with Gasteiger partial charge in [0.2, 0.25) is 5.75 Å². The molecule has 1 aromatic rings. The van der Waals surface area contributed by atoms with Crippen molar-refractivity contribution < 1.29 is 23.7 Å². The van der Waals surface area contributed by atoms with Crippen LogP contribution in [0.2, 0.25) is 0 Å². The maximum Gasteiger partial charge on any atom is 0.203 e. The second-order valence-electron chi connectivity index (χ2n) is 5.70. The molecule has 2 N–H and O–H groups in total. The van der Waals surface area contributed by atoms with Gasteiger partial charge in [-0.1, -0.05) is 0 Å². The van der Waals surface area contributed by atoms with Crippen molar-refractivity contribution >= 4 is 29.9 Å². The van der Waals surface area contributed by atoms with Gasteiger partial charge in [-0.25, -0.2) is 0 Å². The van der Waals surface area contributed by atoms with Crippen molar-refractivity contribution in [3.05, 3.63) is 17.7 Å². The lowest BCUT2D eigenvalue weighted by atomic mass is 10.2. The number of halogens is 1. The Kier molecular flexibility index (Phi) is 15.6. The SMILES string of the molecule is CN=C(NCCCCOCCOC)NCc1cc(OC)c(OC)c(OC)c1.I. The van der Waals surface area contributed by atoms with Crippen LogP contribution >= 0.6 is 24.0 Å². The van der Waals surface area contributed by atoms with E-state index in [-0.39, 0.29) is 24.0 Å². The van der Waals surface area contributed by atoms with E-state index in [1.165, 1.54) is 0 Å². The number of ether oxygens (including phenoxy) is 5. The molecule has 0 aliphatic carbocycles. The maximum atomic E-state index is 5.44. The highest BCUT2D eigenvalue weighted by Gasteiger charge is 2.13. The Bertz CT molecular complexity index is 547. The number of hydrogen-bond acceptors (Lipinski definition) is 6. The molecule has 0 saturated heterocycles. The topological polar surface area (TPSA) is 82.6 Å². The number of rotatable bonds is 13. The summed E-state index contributed by atoms with van der Waals surface area (Å²) in [6.45, 7) is 3.42. The van der Waals surface area contributed by atoms with E-state index in [2.05, 4.69) is 15.6 Å². The quantitative estimate of drug-likeness (QED) is 0.182. The van der Waals surface area contributed by atoms with Gasteiger partial charge in [0.15, 0.2) is 17.5 Å². The molecule has 0 saturated carbocycles. The minimum atomic E-state index is 0. The average Bonchev–Trinajstić information content (AvgIpc) is 2.71. The van der Waals surface area contributed by atoms with Gasteiger partial charge in [0, 0.05) is 33.9 Å². The predicted molar refractivity (Wildman–Crippen MR) is 122 cm³/mol. The summed E-state index contributed by atoms with van der Waals surface area (Å²) >= 11 is 0. The predicted octanol–water partition coefficient (Wildman–Crippen LogP) is 2.44. The zero-order chi connectivity index (χ0) is 19.9. The average molecular weight is 511 g/mol. The van der Waals surface area contributed by atoms with Crippen molar-refractivity contribution in [3.63, 3.8) is 0 Å². The molecule has 0 heterocycles. The minimum absolute atomic E-state index is 0. The van der Waals surface area contributed by atoms with E-state index in [1.54, 1.807) is 35.5 Å².